The molecule has 4 aromatic carbocycles. The van der Waals surface area contributed by atoms with Gasteiger partial charge in [-0.3, -0.25) is 4.98 Å². The molecule has 0 aliphatic rings. The van der Waals surface area contributed by atoms with Crippen LogP contribution < -0.4 is 4.74 Å². The summed E-state index contributed by atoms with van der Waals surface area (Å²) in [4.78, 5) is 9.48. The largest absolute Gasteiger partial charge is 2.00 e. The van der Waals surface area contributed by atoms with Crippen molar-refractivity contribution in [2.24, 2.45) is 0 Å². The van der Waals surface area contributed by atoms with E-state index in [9.17, 15) is 0 Å². The van der Waals surface area contributed by atoms with Crippen LogP contribution in [0.1, 0.15) is 0 Å². The summed E-state index contributed by atoms with van der Waals surface area (Å²) in [7, 11) is 0. The number of rotatable bonds is 4. The Balaban J connectivity index is 0.00000264. The number of hydrogen-bond acceptors (Lipinski definition) is 4. The fourth-order valence-corrected chi connectivity index (χ4v) is 6.47. The standard InChI is InChI=1S/C34H19N3OS.Pt/c1-3-14-29-23(9-1)24-19-18-22(21-30(24)37(29)32-16-5-6-20-35-32)38-33-17-8-13-28(36-33)27-12-7-11-26-25-10-2-4-15-31(25)39-34(26)27;/h1-11,13-20H;/q-2;+2. The molecule has 40 heavy (non-hydrogen) atoms. The summed E-state index contributed by atoms with van der Waals surface area (Å²) in [5.41, 5.74) is 3.79. The van der Waals surface area contributed by atoms with Crippen molar-refractivity contribution in [3.63, 3.8) is 0 Å². The van der Waals surface area contributed by atoms with E-state index in [4.69, 9.17) is 9.72 Å². The van der Waals surface area contributed by atoms with Gasteiger partial charge < -0.3 is 9.30 Å². The minimum Gasteiger partial charge on any atom is -0.466 e. The van der Waals surface area contributed by atoms with Gasteiger partial charge in [0.05, 0.1) is 0 Å². The molecule has 8 aromatic rings. The molecule has 0 amide bonds. The molecule has 8 rings (SSSR count). The quantitative estimate of drug-likeness (QED) is 0.171. The third-order valence-electron chi connectivity index (χ3n) is 6.97. The summed E-state index contributed by atoms with van der Waals surface area (Å²) in [5, 5.41) is 4.72. The first-order valence-corrected chi connectivity index (χ1v) is 13.5. The van der Waals surface area contributed by atoms with Crippen LogP contribution in [0.4, 0.5) is 0 Å². The molecule has 0 spiro atoms. The van der Waals surface area contributed by atoms with Crippen LogP contribution >= 0.6 is 11.3 Å². The molecule has 4 aromatic heterocycles. The Morgan fingerprint density at radius 2 is 1.57 bits per heavy atom. The van der Waals surface area contributed by atoms with Crippen LogP contribution in [0.2, 0.25) is 0 Å². The number of pyridine rings is 2. The first-order valence-electron chi connectivity index (χ1n) is 12.7. The van der Waals surface area contributed by atoms with Crippen molar-refractivity contribution in [3.05, 3.63) is 128 Å². The van der Waals surface area contributed by atoms with Crippen LogP contribution in [0.3, 0.4) is 0 Å². The van der Waals surface area contributed by atoms with Crippen molar-refractivity contribution < 1.29 is 25.8 Å². The SMILES string of the molecule is [Pt+2].[c-]1ccc2c(sc3ccccc32)c1-c1cccc(Oc2[c-]c3c(cc2)c2ccccc2n3-c2ccccn2)n1. The number of benzene rings is 4. The topological polar surface area (TPSA) is 39.9 Å². The Morgan fingerprint density at radius 1 is 0.725 bits per heavy atom. The molecule has 0 aliphatic heterocycles. The number of para-hydroxylation sites is 1. The third kappa shape index (κ3) is 4.01. The molecule has 192 valence electrons. The van der Waals surface area contributed by atoms with Crippen molar-refractivity contribution in [2.75, 3.05) is 0 Å². The normalized spacial score (nSPS) is 11.3. The zero-order chi connectivity index (χ0) is 25.8. The molecule has 0 unspecified atom stereocenters. The van der Waals surface area contributed by atoms with Gasteiger partial charge in [0.1, 0.15) is 5.82 Å². The molecule has 0 saturated carbocycles. The molecular weight excluding hydrogens is 694 g/mol. The van der Waals surface area contributed by atoms with E-state index in [1.165, 1.54) is 20.2 Å². The summed E-state index contributed by atoms with van der Waals surface area (Å²) < 4.78 is 10.9. The maximum absolute atomic E-state index is 6.30. The summed E-state index contributed by atoms with van der Waals surface area (Å²) in [5.74, 6) is 1.94. The van der Waals surface area contributed by atoms with Gasteiger partial charge in [0, 0.05) is 22.2 Å². The summed E-state index contributed by atoms with van der Waals surface area (Å²) in [6.07, 6.45) is 1.81. The van der Waals surface area contributed by atoms with E-state index < -0.39 is 0 Å². The summed E-state index contributed by atoms with van der Waals surface area (Å²) in [6, 6.07) is 43.6. The number of ether oxygens (including phenoxy) is 1. The van der Waals surface area contributed by atoms with Crippen molar-refractivity contribution >= 4 is 53.3 Å². The average molecular weight is 713 g/mol. The molecule has 0 bridgehead atoms. The number of aromatic nitrogens is 3. The fraction of sp³-hybridized carbons (Fsp3) is 0. The minimum atomic E-state index is 0. The van der Waals surface area contributed by atoms with E-state index in [2.05, 4.69) is 76.3 Å². The van der Waals surface area contributed by atoms with E-state index >= 15 is 0 Å². The molecule has 0 radical (unpaired) electrons. The van der Waals surface area contributed by atoms with Crippen molar-refractivity contribution in [3.8, 4) is 28.7 Å². The van der Waals surface area contributed by atoms with Gasteiger partial charge in [-0.25, -0.2) is 4.98 Å². The molecule has 4 nitrogen and oxygen atoms in total. The van der Waals surface area contributed by atoms with E-state index in [1.54, 1.807) is 17.5 Å². The molecular formula is C34H19N3OPtS. The maximum atomic E-state index is 6.30. The van der Waals surface area contributed by atoms with Gasteiger partial charge in [-0.1, -0.05) is 65.5 Å². The monoisotopic (exact) mass is 712 g/mol. The summed E-state index contributed by atoms with van der Waals surface area (Å²) >= 11 is 1.77. The molecule has 0 atom stereocenters. The molecule has 0 fully saturated rings. The van der Waals surface area contributed by atoms with Gasteiger partial charge in [-0.2, -0.15) is 17.4 Å². The third-order valence-corrected chi connectivity index (χ3v) is 8.17. The predicted molar refractivity (Wildman–Crippen MR) is 159 cm³/mol. The Bertz CT molecular complexity index is 2170. The van der Waals surface area contributed by atoms with Crippen LogP contribution in [-0.2, 0) is 21.1 Å². The number of hydrogen-bond donors (Lipinski definition) is 0. The number of fused-ring (bicyclic) bond motifs is 6. The maximum Gasteiger partial charge on any atom is 2.00 e. The minimum absolute atomic E-state index is 0. The van der Waals surface area contributed by atoms with Gasteiger partial charge in [0.2, 0.25) is 5.88 Å². The summed E-state index contributed by atoms with van der Waals surface area (Å²) in [6.45, 7) is 0. The molecule has 0 N–H and O–H groups in total. The van der Waals surface area contributed by atoms with Crippen molar-refractivity contribution in [2.45, 2.75) is 0 Å². The smallest absolute Gasteiger partial charge is 0.466 e. The van der Waals surface area contributed by atoms with Crippen LogP contribution in [-0.4, -0.2) is 14.5 Å². The zero-order valence-electron chi connectivity index (χ0n) is 20.9. The first-order chi connectivity index (χ1) is 19.3. The van der Waals surface area contributed by atoms with Gasteiger partial charge in [-0.15, -0.1) is 41.3 Å². The van der Waals surface area contributed by atoms with Crippen molar-refractivity contribution in [1.29, 1.82) is 0 Å². The van der Waals surface area contributed by atoms with Crippen molar-refractivity contribution in [1.82, 2.24) is 14.5 Å². The Morgan fingerprint density at radius 3 is 2.48 bits per heavy atom. The van der Waals surface area contributed by atoms with Crippen LogP contribution in [0.15, 0.2) is 115 Å². The van der Waals surface area contributed by atoms with E-state index in [0.717, 1.165) is 38.9 Å². The van der Waals surface area contributed by atoms with Gasteiger partial charge in [0.25, 0.3) is 0 Å². The second-order valence-corrected chi connectivity index (χ2v) is 10.3. The number of thiophene rings is 1. The predicted octanol–water partition coefficient (Wildman–Crippen LogP) is 9.00. The van der Waals surface area contributed by atoms with Crippen LogP contribution in [0.25, 0.3) is 59.1 Å². The molecule has 6 heteroatoms. The van der Waals surface area contributed by atoms with E-state index in [-0.39, 0.29) is 21.1 Å². The van der Waals surface area contributed by atoms with Crippen LogP contribution in [0, 0.1) is 12.1 Å². The Hall–Kier alpha value is -4.31. The first kappa shape index (κ1) is 24.7. The second-order valence-electron chi connectivity index (χ2n) is 9.28. The van der Waals surface area contributed by atoms with Gasteiger partial charge in [0.15, 0.2) is 0 Å². The molecule has 0 aliphatic carbocycles. The van der Waals surface area contributed by atoms with Gasteiger partial charge in [-0.05, 0) is 51.5 Å². The fourth-order valence-electron chi connectivity index (χ4n) is 5.26. The Labute approximate surface area is 248 Å². The molecule has 0 saturated heterocycles. The molecule has 4 heterocycles. The average Bonchev–Trinajstić information content (AvgIpc) is 3.53. The van der Waals surface area contributed by atoms with Crippen LogP contribution in [0.5, 0.6) is 11.6 Å². The van der Waals surface area contributed by atoms with Gasteiger partial charge >= 0.3 is 21.1 Å². The number of nitrogens with zero attached hydrogens (tertiary/aromatic N) is 3. The Kier molecular flexibility index (Phi) is 6.19. The zero-order valence-corrected chi connectivity index (χ0v) is 24.0. The van der Waals surface area contributed by atoms with E-state index in [0.29, 0.717) is 11.6 Å². The van der Waals surface area contributed by atoms with E-state index in [1.807, 2.05) is 54.6 Å². The second kappa shape index (κ2) is 10.0.